The van der Waals surface area contributed by atoms with Gasteiger partial charge >= 0.3 is 5.69 Å². The predicted molar refractivity (Wildman–Crippen MR) is 94.8 cm³/mol. The quantitative estimate of drug-likeness (QED) is 0.583. The maximum absolute atomic E-state index is 12.3. The predicted octanol–water partition coefficient (Wildman–Crippen LogP) is 2.38. The number of hydrogen-bond acceptors (Lipinski definition) is 6. The number of nitro benzene ring substituents is 1. The smallest absolute Gasteiger partial charge is 0.310 e. The molecule has 1 aliphatic heterocycles. The second-order valence-electron chi connectivity index (χ2n) is 5.75. The van der Waals surface area contributed by atoms with Gasteiger partial charge in [-0.1, -0.05) is 18.2 Å². The van der Waals surface area contributed by atoms with E-state index < -0.39 is 4.92 Å². The molecule has 2 heterocycles. The summed E-state index contributed by atoms with van der Waals surface area (Å²) in [7, 11) is 0. The van der Waals surface area contributed by atoms with Crippen molar-refractivity contribution in [3.8, 4) is 5.75 Å². The molecule has 7 nitrogen and oxygen atoms in total. The zero-order valence-corrected chi connectivity index (χ0v) is 14.5. The van der Waals surface area contributed by atoms with Crippen molar-refractivity contribution in [2.24, 2.45) is 0 Å². The highest BCUT2D eigenvalue weighted by atomic mass is 32.1. The van der Waals surface area contributed by atoms with Gasteiger partial charge in [0, 0.05) is 43.7 Å². The number of rotatable bonds is 6. The van der Waals surface area contributed by atoms with Gasteiger partial charge in [0.2, 0.25) is 0 Å². The van der Waals surface area contributed by atoms with Crippen LogP contribution in [-0.4, -0.2) is 53.4 Å². The Labute approximate surface area is 149 Å². The van der Waals surface area contributed by atoms with Gasteiger partial charge in [0.05, 0.1) is 4.92 Å². The van der Waals surface area contributed by atoms with Gasteiger partial charge in [-0.3, -0.25) is 19.8 Å². The Morgan fingerprint density at radius 1 is 1.16 bits per heavy atom. The number of piperazine rings is 1. The van der Waals surface area contributed by atoms with E-state index in [0.29, 0.717) is 13.1 Å². The fourth-order valence-corrected chi connectivity index (χ4v) is 3.49. The molecule has 1 fully saturated rings. The molecule has 0 N–H and O–H groups in total. The maximum Gasteiger partial charge on any atom is 0.310 e. The van der Waals surface area contributed by atoms with E-state index in [1.165, 1.54) is 17.0 Å². The van der Waals surface area contributed by atoms with Crippen LogP contribution in [0.5, 0.6) is 5.75 Å². The Balaban J connectivity index is 1.48. The Hall–Kier alpha value is -2.45. The van der Waals surface area contributed by atoms with Crippen molar-refractivity contribution in [2.75, 3.05) is 32.8 Å². The van der Waals surface area contributed by atoms with E-state index in [2.05, 4.69) is 16.3 Å². The van der Waals surface area contributed by atoms with Gasteiger partial charge in [0.1, 0.15) is 0 Å². The van der Waals surface area contributed by atoms with Crippen molar-refractivity contribution in [1.82, 2.24) is 9.80 Å². The minimum absolute atomic E-state index is 0.122. The van der Waals surface area contributed by atoms with Crippen molar-refractivity contribution < 1.29 is 14.5 Å². The number of thiophene rings is 1. The number of carbonyl (C=O) groups is 1. The molecule has 1 aromatic heterocycles. The van der Waals surface area contributed by atoms with E-state index in [9.17, 15) is 14.9 Å². The summed E-state index contributed by atoms with van der Waals surface area (Å²) in [5.41, 5.74) is -0.129. The van der Waals surface area contributed by atoms with Gasteiger partial charge in [-0.05, 0) is 17.5 Å². The van der Waals surface area contributed by atoms with Crippen LogP contribution < -0.4 is 4.74 Å². The fourth-order valence-electron chi connectivity index (χ4n) is 2.74. The molecule has 8 heteroatoms. The average molecular weight is 361 g/mol. The molecule has 0 bridgehead atoms. The van der Waals surface area contributed by atoms with Crippen LogP contribution in [-0.2, 0) is 11.3 Å². The SMILES string of the molecule is O=C(COc1ccccc1[N+](=O)[O-])N1CCN(Cc2cccs2)CC1. The van der Waals surface area contributed by atoms with Crippen LogP contribution in [0.1, 0.15) is 4.88 Å². The lowest BCUT2D eigenvalue weighted by atomic mass is 10.3. The lowest BCUT2D eigenvalue weighted by Gasteiger charge is -2.34. The summed E-state index contributed by atoms with van der Waals surface area (Å²) in [6, 6.07) is 10.2. The topological polar surface area (TPSA) is 75.9 Å². The van der Waals surface area contributed by atoms with Crippen LogP contribution in [0.4, 0.5) is 5.69 Å². The first-order valence-corrected chi connectivity index (χ1v) is 8.90. The standard InChI is InChI=1S/C17H19N3O4S/c21-17(13-24-16-6-2-1-5-15(16)20(22)23)19-9-7-18(8-10-19)12-14-4-3-11-25-14/h1-6,11H,7-10,12-13H2. The zero-order chi connectivity index (χ0) is 17.6. The molecule has 1 saturated heterocycles. The molecular weight excluding hydrogens is 342 g/mol. The second-order valence-corrected chi connectivity index (χ2v) is 6.78. The summed E-state index contributed by atoms with van der Waals surface area (Å²) in [4.78, 5) is 28.1. The number of nitrogens with zero attached hydrogens (tertiary/aromatic N) is 3. The first-order chi connectivity index (χ1) is 12.1. The van der Waals surface area contributed by atoms with Gasteiger partial charge in [-0.25, -0.2) is 0 Å². The fraction of sp³-hybridized carbons (Fsp3) is 0.353. The number of ether oxygens (including phenoxy) is 1. The van der Waals surface area contributed by atoms with Gasteiger partial charge < -0.3 is 9.64 Å². The largest absolute Gasteiger partial charge is 0.477 e. The van der Waals surface area contributed by atoms with E-state index in [4.69, 9.17) is 4.74 Å². The summed E-state index contributed by atoms with van der Waals surface area (Å²) in [5, 5.41) is 13.0. The van der Waals surface area contributed by atoms with E-state index in [-0.39, 0.29) is 24.0 Å². The molecule has 0 unspecified atom stereocenters. The van der Waals surface area contributed by atoms with Crippen molar-refractivity contribution in [1.29, 1.82) is 0 Å². The molecule has 0 radical (unpaired) electrons. The molecule has 3 rings (SSSR count). The van der Waals surface area contributed by atoms with E-state index >= 15 is 0 Å². The third-order valence-corrected chi connectivity index (χ3v) is 4.96. The summed E-state index contributed by atoms with van der Waals surface area (Å²) in [5.74, 6) is -0.0221. The molecule has 1 aromatic carbocycles. The van der Waals surface area contributed by atoms with Crippen molar-refractivity contribution in [3.05, 3.63) is 56.8 Å². The number of nitro groups is 1. The highest BCUT2D eigenvalue weighted by Crippen LogP contribution is 2.25. The average Bonchev–Trinajstić information content (AvgIpc) is 3.13. The van der Waals surface area contributed by atoms with Gasteiger partial charge in [-0.2, -0.15) is 0 Å². The van der Waals surface area contributed by atoms with Crippen LogP contribution in [0.15, 0.2) is 41.8 Å². The Morgan fingerprint density at radius 2 is 1.92 bits per heavy atom. The van der Waals surface area contributed by atoms with Crippen molar-refractivity contribution in [3.63, 3.8) is 0 Å². The van der Waals surface area contributed by atoms with E-state index in [1.807, 2.05) is 6.07 Å². The highest BCUT2D eigenvalue weighted by Gasteiger charge is 2.22. The lowest BCUT2D eigenvalue weighted by Crippen LogP contribution is -2.49. The van der Waals surface area contributed by atoms with Crippen LogP contribution in [0.25, 0.3) is 0 Å². The first-order valence-electron chi connectivity index (χ1n) is 8.02. The Bertz CT molecular complexity index is 727. The van der Waals surface area contributed by atoms with Crippen LogP contribution in [0.2, 0.25) is 0 Å². The lowest BCUT2D eigenvalue weighted by molar-refractivity contribution is -0.385. The van der Waals surface area contributed by atoms with Crippen molar-refractivity contribution >= 4 is 22.9 Å². The maximum atomic E-state index is 12.3. The Kier molecular flexibility index (Phi) is 5.62. The molecule has 1 amide bonds. The molecule has 0 atom stereocenters. The molecule has 132 valence electrons. The molecule has 0 spiro atoms. The normalized spacial score (nSPS) is 15.1. The number of para-hydroxylation sites is 2. The molecular formula is C17H19N3O4S. The minimum Gasteiger partial charge on any atom is -0.477 e. The van der Waals surface area contributed by atoms with Crippen LogP contribution in [0, 0.1) is 10.1 Å². The van der Waals surface area contributed by atoms with Gasteiger partial charge in [-0.15, -0.1) is 11.3 Å². The number of amides is 1. The highest BCUT2D eigenvalue weighted by molar-refractivity contribution is 7.09. The van der Waals surface area contributed by atoms with Gasteiger partial charge in [0.15, 0.2) is 12.4 Å². The zero-order valence-electron chi connectivity index (χ0n) is 13.7. The minimum atomic E-state index is -0.511. The Morgan fingerprint density at radius 3 is 2.60 bits per heavy atom. The van der Waals surface area contributed by atoms with E-state index in [0.717, 1.165) is 19.6 Å². The molecule has 0 aliphatic carbocycles. The summed E-state index contributed by atoms with van der Waals surface area (Å²) in [6.07, 6.45) is 0. The molecule has 1 aliphatic rings. The van der Waals surface area contributed by atoms with Crippen LogP contribution >= 0.6 is 11.3 Å². The summed E-state index contributed by atoms with van der Waals surface area (Å²) >= 11 is 1.74. The van der Waals surface area contributed by atoms with E-state index in [1.54, 1.807) is 28.4 Å². The number of hydrogen-bond donors (Lipinski definition) is 0. The molecule has 2 aromatic rings. The molecule has 25 heavy (non-hydrogen) atoms. The third-order valence-electron chi connectivity index (χ3n) is 4.10. The monoisotopic (exact) mass is 361 g/mol. The third kappa shape index (κ3) is 4.55. The van der Waals surface area contributed by atoms with Crippen LogP contribution in [0.3, 0.4) is 0 Å². The molecule has 0 saturated carbocycles. The first kappa shape index (κ1) is 17.4. The second kappa shape index (κ2) is 8.09. The van der Waals surface area contributed by atoms with Crippen molar-refractivity contribution in [2.45, 2.75) is 6.54 Å². The summed E-state index contributed by atoms with van der Waals surface area (Å²) < 4.78 is 5.38. The van der Waals surface area contributed by atoms with Gasteiger partial charge in [0.25, 0.3) is 5.91 Å². The number of benzene rings is 1. The number of carbonyl (C=O) groups excluding carboxylic acids is 1. The summed E-state index contributed by atoms with van der Waals surface area (Å²) in [6.45, 7) is 3.64.